The van der Waals surface area contributed by atoms with E-state index < -0.39 is 5.97 Å². The number of alkyl halides is 1. The number of esters is 1. The number of halogens is 1. The number of Topliss-reactive ketones (excluding diaryl/α,β-unsaturated/α-hetero) is 1. The lowest BCUT2D eigenvalue weighted by atomic mass is 10.0. The van der Waals surface area contributed by atoms with Crippen molar-refractivity contribution >= 4 is 27.7 Å². The Morgan fingerprint density at radius 3 is 2.52 bits per heavy atom. The summed E-state index contributed by atoms with van der Waals surface area (Å²) in [7, 11) is 1.30. The number of carbonyl (C=O) groups excluding carboxylic acids is 2. The van der Waals surface area contributed by atoms with Crippen molar-refractivity contribution in [2.24, 2.45) is 0 Å². The van der Waals surface area contributed by atoms with Crippen molar-refractivity contribution in [1.29, 1.82) is 0 Å². The fourth-order valence-corrected chi connectivity index (χ4v) is 2.33. The molecule has 0 aliphatic heterocycles. The maximum absolute atomic E-state index is 11.9. The summed E-state index contributed by atoms with van der Waals surface area (Å²) >= 11 is 3.37. The molecule has 0 saturated heterocycles. The smallest absolute Gasteiger partial charge is 0.343 e. The van der Waals surface area contributed by atoms with Crippen LogP contribution in [0.3, 0.4) is 0 Å². The second-order valence-corrected chi connectivity index (χ2v) is 5.77. The van der Waals surface area contributed by atoms with Crippen LogP contribution in [0.5, 0.6) is 11.5 Å². The second-order valence-electron chi connectivity index (χ2n) is 4.98. The zero-order valence-corrected chi connectivity index (χ0v) is 15.4. The van der Waals surface area contributed by atoms with Gasteiger partial charge in [-0.2, -0.15) is 0 Å². The van der Waals surface area contributed by atoms with Gasteiger partial charge in [0, 0.05) is 10.9 Å². The number of hydrogen-bond donors (Lipinski definition) is 0. The predicted molar refractivity (Wildman–Crippen MR) is 91.9 cm³/mol. The molecule has 0 atom stereocenters. The molecule has 5 nitrogen and oxygen atoms in total. The van der Waals surface area contributed by atoms with Crippen molar-refractivity contribution in [3.63, 3.8) is 0 Å². The van der Waals surface area contributed by atoms with Crippen molar-refractivity contribution in [3.05, 3.63) is 23.3 Å². The molecular weight excluding hydrogens is 364 g/mol. The minimum absolute atomic E-state index is 0.116. The molecule has 0 spiro atoms. The Labute approximate surface area is 145 Å². The standard InChI is InChI=1S/C17H23BrO5/c1-4-6-14-15(22-10-5-9-18)8-7-13(12(2)19)17(14)23-11-16(20)21-3/h7-8H,4-6,9-11H2,1-3H3. The van der Waals surface area contributed by atoms with E-state index in [-0.39, 0.29) is 12.4 Å². The maximum Gasteiger partial charge on any atom is 0.343 e. The molecule has 128 valence electrons. The topological polar surface area (TPSA) is 61.8 Å². The first-order valence-electron chi connectivity index (χ1n) is 7.60. The van der Waals surface area contributed by atoms with Gasteiger partial charge in [-0.15, -0.1) is 0 Å². The highest BCUT2D eigenvalue weighted by molar-refractivity contribution is 9.09. The van der Waals surface area contributed by atoms with Crippen molar-refractivity contribution in [2.75, 3.05) is 25.7 Å². The van der Waals surface area contributed by atoms with Gasteiger partial charge in [0.05, 0.1) is 19.3 Å². The van der Waals surface area contributed by atoms with Gasteiger partial charge < -0.3 is 14.2 Å². The van der Waals surface area contributed by atoms with Crippen LogP contribution in [-0.2, 0) is 16.0 Å². The maximum atomic E-state index is 11.9. The molecule has 6 heteroatoms. The highest BCUT2D eigenvalue weighted by atomic mass is 79.9. The van der Waals surface area contributed by atoms with Crippen LogP contribution in [0, 0.1) is 0 Å². The summed E-state index contributed by atoms with van der Waals surface area (Å²) in [4.78, 5) is 23.2. The molecule has 23 heavy (non-hydrogen) atoms. The van der Waals surface area contributed by atoms with Gasteiger partial charge in [-0.1, -0.05) is 29.3 Å². The predicted octanol–water partition coefficient (Wildman–Crippen LogP) is 3.56. The Hall–Kier alpha value is -1.56. The molecule has 0 saturated carbocycles. The quantitative estimate of drug-likeness (QED) is 0.266. The van der Waals surface area contributed by atoms with Crippen molar-refractivity contribution in [2.45, 2.75) is 33.1 Å². The fraction of sp³-hybridized carbons (Fsp3) is 0.529. The number of ether oxygens (including phenoxy) is 3. The molecular formula is C17H23BrO5. The first-order chi connectivity index (χ1) is 11.0. The molecule has 1 aromatic carbocycles. The SMILES string of the molecule is CCCc1c(OCCCBr)ccc(C(C)=O)c1OCC(=O)OC. The highest BCUT2D eigenvalue weighted by Gasteiger charge is 2.19. The molecule has 0 fully saturated rings. The minimum atomic E-state index is -0.493. The number of rotatable bonds is 10. The van der Waals surface area contributed by atoms with E-state index in [1.165, 1.54) is 14.0 Å². The summed E-state index contributed by atoms with van der Waals surface area (Å²) in [6.45, 7) is 3.84. The molecule has 0 radical (unpaired) electrons. The van der Waals surface area contributed by atoms with E-state index >= 15 is 0 Å². The number of ketones is 1. The van der Waals surface area contributed by atoms with E-state index in [9.17, 15) is 9.59 Å². The average molecular weight is 387 g/mol. The largest absolute Gasteiger partial charge is 0.493 e. The van der Waals surface area contributed by atoms with Gasteiger partial charge in [-0.25, -0.2) is 4.79 Å². The van der Waals surface area contributed by atoms with Gasteiger partial charge in [0.15, 0.2) is 12.4 Å². The normalized spacial score (nSPS) is 10.3. The van der Waals surface area contributed by atoms with Crippen LogP contribution in [0.25, 0.3) is 0 Å². The van der Waals surface area contributed by atoms with E-state index in [0.29, 0.717) is 30.1 Å². The molecule has 0 N–H and O–H groups in total. The van der Waals surface area contributed by atoms with E-state index in [4.69, 9.17) is 9.47 Å². The average Bonchev–Trinajstić information content (AvgIpc) is 2.54. The van der Waals surface area contributed by atoms with E-state index in [2.05, 4.69) is 20.7 Å². The number of benzene rings is 1. The Kier molecular flexibility index (Phi) is 8.69. The Bertz CT molecular complexity index is 542. The van der Waals surface area contributed by atoms with Gasteiger partial charge in [-0.05, 0) is 31.9 Å². The van der Waals surface area contributed by atoms with Crippen LogP contribution in [-0.4, -0.2) is 37.4 Å². The monoisotopic (exact) mass is 386 g/mol. The summed E-state index contributed by atoms with van der Waals surface area (Å²) in [6.07, 6.45) is 2.43. The molecule has 0 aromatic heterocycles. The molecule has 0 amide bonds. The molecule has 0 unspecified atom stereocenters. The lowest BCUT2D eigenvalue weighted by Gasteiger charge is -2.18. The lowest BCUT2D eigenvalue weighted by molar-refractivity contribution is -0.142. The van der Waals surface area contributed by atoms with Crippen molar-refractivity contribution in [3.8, 4) is 11.5 Å². The summed E-state index contributed by atoms with van der Waals surface area (Å²) in [5.74, 6) is 0.501. The van der Waals surface area contributed by atoms with Crippen molar-refractivity contribution < 1.29 is 23.8 Å². The van der Waals surface area contributed by atoms with Crippen LogP contribution >= 0.6 is 15.9 Å². The van der Waals surface area contributed by atoms with Gasteiger partial charge in [0.1, 0.15) is 11.5 Å². The molecule has 0 aliphatic carbocycles. The number of hydrogen-bond acceptors (Lipinski definition) is 5. The number of methoxy groups -OCH3 is 1. The Balaban J connectivity index is 3.17. The third-order valence-electron chi connectivity index (χ3n) is 3.19. The van der Waals surface area contributed by atoms with Crippen LogP contribution in [0.15, 0.2) is 12.1 Å². The lowest BCUT2D eigenvalue weighted by Crippen LogP contribution is -2.16. The van der Waals surface area contributed by atoms with Gasteiger partial charge >= 0.3 is 5.97 Å². The zero-order valence-electron chi connectivity index (χ0n) is 13.8. The molecule has 0 aliphatic rings. The second kappa shape index (κ2) is 10.3. The first-order valence-corrected chi connectivity index (χ1v) is 8.72. The zero-order chi connectivity index (χ0) is 17.2. The molecule has 1 aromatic rings. The fourth-order valence-electron chi connectivity index (χ4n) is 2.10. The molecule has 1 rings (SSSR count). The summed E-state index contributed by atoms with van der Waals surface area (Å²) < 4.78 is 16.0. The summed E-state index contributed by atoms with van der Waals surface area (Å²) in [6, 6.07) is 3.47. The Morgan fingerprint density at radius 1 is 1.22 bits per heavy atom. The molecule has 0 heterocycles. The van der Waals surface area contributed by atoms with Gasteiger partial charge in [0.25, 0.3) is 0 Å². The summed E-state index contributed by atoms with van der Waals surface area (Å²) in [5, 5.41) is 0.855. The summed E-state index contributed by atoms with van der Waals surface area (Å²) in [5.41, 5.74) is 1.27. The van der Waals surface area contributed by atoms with E-state index in [1.807, 2.05) is 6.92 Å². The third-order valence-corrected chi connectivity index (χ3v) is 3.76. The van der Waals surface area contributed by atoms with Gasteiger partial charge in [-0.3, -0.25) is 4.79 Å². The van der Waals surface area contributed by atoms with Crippen LogP contribution < -0.4 is 9.47 Å². The van der Waals surface area contributed by atoms with Crippen molar-refractivity contribution in [1.82, 2.24) is 0 Å². The third kappa shape index (κ3) is 5.86. The van der Waals surface area contributed by atoms with Crippen LogP contribution in [0.2, 0.25) is 0 Å². The first kappa shape index (κ1) is 19.5. The minimum Gasteiger partial charge on any atom is -0.493 e. The molecule has 0 bridgehead atoms. The van der Waals surface area contributed by atoms with Crippen LogP contribution in [0.4, 0.5) is 0 Å². The van der Waals surface area contributed by atoms with E-state index in [0.717, 1.165) is 23.7 Å². The van der Waals surface area contributed by atoms with E-state index in [1.54, 1.807) is 12.1 Å². The highest BCUT2D eigenvalue weighted by Crippen LogP contribution is 2.34. The van der Waals surface area contributed by atoms with Crippen LogP contribution in [0.1, 0.15) is 42.6 Å². The van der Waals surface area contributed by atoms with Gasteiger partial charge in [0.2, 0.25) is 0 Å². The number of carbonyl (C=O) groups is 2. The Morgan fingerprint density at radius 2 is 1.96 bits per heavy atom.